The van der Waals surface area contributed by atoms with Crippen LogP contribution >= 0.6 is 27.5 Å². The van der Waals surface area contributed by atoms with E-state index in [1.54, 1.807) is 0 Å². The topological polar surface area (TPSA) is 12.0 Å². The number of nitrogens with one attached hydrogen (secondary N) is 1. The minimum Gasteiger partial charge on any atom is -0.310 e. The van der Waals surface area contributed by atoms with Gasteiger partial charge in [-0.25, -0.2) is 0 Å². The number of rotatable bonds is 3. The highest BCUT2D eigenvalue weighted by Gasteiger charge is 2.03. The van der Waals surface area contributed by atoms with Gasteiger partial charge in [0, 0.05) is 17.1 Å². The van der Waals surface area contributed by atoms with Gasteiger partial charge in [-0.1, -0.05) is 37.6 Å². The van der Waals surface area contributed by atoms with E-state index in [0.29, 0.717) is 6.04 Å². The first-order valence-electron chi connectivity index (χ1n) is 4.27. The lowest BCUT2D eigenvalue weighted by atomic mass is 10.2. The molecule has 1 nitrogen and oxygen atoms in total. The van der Waals surface area contributed by atoms with Crippen molar-refractivity contribution in [1.29, 1.82) is 0 Å². The van der Waals surface area contributed by atoms with Crippen molar-refractivity contribution in [2.45, 2.75) is 26.4 Å². The number of hydrogen-bond donors (Lipinski definition) is 1. The lowest BCUT2D eigenvalue weighted by Crippen LogP contribution is -2.21. The van der Waals surface area contributed by atoms with Crippen LogP contribution in [0.5, 0.6) is 0 Å². The van der Waals surface area contributed by atoms with Crippen molar-refractivity contribution < 1.29 is 0 Å². The predicted molar refractivity (Wildman–Crippen MR) is 61.1 cm³/mol. The summed E-state index contributed by atoms with van der Waals surface area (Å²) in [6.07, 6.45) is 0. The third-order valence-corrected chi connectivity index (χ3v) is 3.21. The zero-order valence-electron chi connectivity index (χ0n) is 7.77. The smallest absolute Gasteiger partial charge is 0.0551 e. The van der Waals surface area contributed by atoms with Gasteiger partial charge < -0.3 is 5.32 Å². The Kier molecular flexibility index (Phi) is 4.23. The molecule has 0 amide bonds. The molecule has 0 bridgehead atoms. The average molecular weight is 263 g/mol. The summed E-state index contributed by atoms with van der Waals surface area (Å²) in [6.45, 7) is 5.09. The Morgan fingerprint density at radius 2 is 2.15 bits per heavy atom. The Labute approximate surface area is 92.6 Å². The number of hydrogen-bond acceptors (Lipinski definition) is 1. The van der Waals surface area contributed by atoms with E-state index in [1.165, 1.54) is 5.56 Å². The van der Waals surface area contributed by atoms with Crippen LogP contribution in [-0.4, -0.2) is 6.04 Å². The second-order valence-corrected chi connectivity index (χ2v) is 4.45. The lowest BCUT2D eigenvalue weighted by Gasteiger charge is -2.10. The van der Waals surface area contributed by atoms with E-state index in [-0.39, 0.29) is 0 Å². The lowest BCUT2D eigenvalue weighted by molar-refractivity contribution is 0.588. The van der Waals surface area contributed by atoms with Crippen molar-refractivity contribution in [3.63, 3.8) is 0 Å². The van der Waals surface area contributed by atoms with Crippen LogP contribution in [0.25, 0.3) is 0 Å². The molecule has 0 aliphatic heterocycles. The molecule has 0 aromatic heterocycles. The number of halogens is 2. The summed E-state index contributed by atoms with van der Waals surface area (Å²) in [5.74, 6) is 0. The molecule has 0 unspecified atom stereocenters. The van der Waals surface area contributed by atoms with Crippen molar-refractivity contribution >= 4 is 27.5 Å². The van der Waals surface area contributed by atoms with E-state index in [2.05, 4.69) is 41.2 Å². The van der Waals surface area contributed by atoms with Crippen molar-refractivity contribution in [1.82, 2.24) is 5.32 Å². The van der Waals surface area contributed by atoms with E-state index < -0.39 is 0 Å². The molecule has 1 rings (SSSR count). The van der Waals surface area contributed by atoms with Gasteiger partial charge in [-0.05, 0) is 27.6 Å². The SMILES string of the molecule is CC(C)NCc1cccc(Cl)c1Br. The highest BCUT2D eigenvalue weighted by molar-refractivity contribution is 9.10. The van der Waals surface area contributed by atoms with Crippen LogP contribution < -0.4 is 5.32 Å². The molecule has 1 aromatic carbocycles. The predicted octanol–water partition coefficient (Wildman–Crippen LogP) is 3.60. The van der Waals surface area contributed by atoms with Gasteiger partial charge in [0.2, 0.25) is 0 Å². The second-order valence-electron chi connectivity index (χ2n) is 3.25. The Balaban J connectivity index is 2.71. The summed E-state index contributed by atoms with van der Waals surface area (Å²) in [4.78, 5) is 0. The van der Waals surface area contributed by atoms with Gasteiger partial charge in [-0.3, -0.25) is 0 Å². The first-order valence-corrected chi connectivity index (χ1v) is 5.44. The van der Waals surface area contributed by atoms with E-state index in [4.69, 9.17) is 11.6 Å². The zero-order valence-corrected chi connectivity index (χ0v) is 10.1. The molecule has 1 N–H and O–H groups in total. The van der Waals surface area contributed by atoms with Crippen LogP contribution in [0.15, 0.2) is 22.7 Å². The molecular formula is C10H13BrClN. The Morgan fingerprint density at radius 1 is 1.46 bits per heavy atom. The first kappa shape index (κ1) is 11.0. The maximum atomic E-state index is 5.95. The van der Waals surface area contributed by atoms with E-state index in [1.807, 2.05) is 12.1 Å². The minimum absolute atomic E-state index is 0.492. The first-order chi connectivity index (χ1) is 6.11. The summed E-state index contributed by atoms with van der Waals surface area (Å²) in [5, 5.41) is 4.11. The summed E-state index contributed by atoms with van der Waals surface area (Å²) < 4.78 is 0.991. The highest BCUT2D eigenvalue weighted by atomic mass is 79.9. The third kappa shape index (κ3) is 3.29. The molecule has 0 heterocycles. The van der Waals surface area contributed by atoms with E-state index in [0.717, 1.165) is 16.0 Å². The molecule has 0 atom stereocenters. The molecule has 72 valence electrons. The van der Waals surface area contributed by atoms with Crippen molar-refractivity contribution in [2.24, 2.45) is 0 Å². The van der Waals surface area contributed by atoms with Crippen LogP contribution in [0, 0.1) is 0 Å². The normalized spacial score (nSPS) is 10.8. The Hall–Kier alpha value is -0.0500. The molecule has 0 saturated heterocycles. The molecule has 0 fully saturated rings. The van der Waals surface area contributed by atoms with Gasteiger partial charge in [0.05, 0.1) is 5.02 Å². The average Bonchev–Trinajstić information content (AvgIpc) is 2.07. The number of benzene rings is 1. The van der Waals surface area contributed by atoms with Gasteiger partial charge in [0.25, 0.3) is 0 Å². The van der Waals surface area contributed by atoms with Crippen LogP contribution in [0.4, 0.5) is 0 Å². The van der Waals surface area contributed by atoms with Gasteiger partial charge in [0.15, 0.2) is 0 Å². The molecule has 0 saturated carbocycles. The maximum absolute atomic E-state index is 5.95. The molecule has 0 aliphatic carbocycles. The summed E-state index contributed by atoms with van der Waals surface area (Å²) >= 11 is 9.41. The molecule has 0 radical (unpaired) electrons. The molecular weight excluding hydrogens is 249 g/mol. The molecule has 1 aromatic rings. The van der Waals surface area contributed by atoms with Crippen molar-refractivity contribution in [3.8, 4) is 0 Å². The fourth-order valence-corrected chi connectivity index (χ4v) is 1.60. The fourth-order valence-electron chi connectivity index (χ4n) is 0.999. The van der Waals surface area contributed by atoms with Gasteiger partial charge in [-0.15, -0.1) is 0 Å². The minimum atomic E-state index is 0.492. The Morgan fingerprint density at radius 3 is 2.77 bits per heavy atom. The van der Waals surface area contributed by atoms with Gasteiger partial charge in [0.1, 0.15) is 0 Å². The van der Waals surface area contributed by atoms with Crippen LogP contribution in [0.3, 0.4) is 0 Å². The monoisotopic (exact) mass is 261 g/mol. The maximum Gasteiger partial charge on any atom is 0.0551 e. The van der Waals surface area contributed by atoms with Crippen LogP contribution in [0.2, 0.25) is 5.02 Å². The highest BCUT2D eigenvalue weighted by Crippen LogP contribution is 2.25. The van der Waals surface area contributed by atoms with Crippen LogP contribution in [0.1, 0.15) is 19.4 Å². The summed E-state index contributed by atoms with van der Waals surface area (Å²) in [5.41, 5.74) is 1.20. The van der Waals surface area contributed by atoms with Gasteiger partial charge >= 0.3 is 0 Å². The molecule has 0 spiro atoms. The van der Waals surface area contributed by atoms with E-state index in [9.17, 15) is 0 Å². The fraction of sp³-hybridized carbons (Fsp3) is 0.400. The summed E-state index contributed by atoms with van der Waals surface area (Å²) in [6, 6.07) is 6.39. The standard InChI is InChI=1S/C10H13BrClN/c1-7(2)13-6-8-4-3-5-9(12)10(8)11/h3-5,7,13H,6H2,1-2H3. The van der Waals surface area contributed by atoms with Gasteiger partial charge in [-0.2, -0.15) is 0 Å². The second kappa shape index (κ2) is 4.99. The van der Waals surface area contributed by atoms with Crippen LogP contribution in [-0.2, 0) is 6.54 Å². The molecule has 3 heteroatoms. The largest absolute Gasteiger partial charge is 0.310 e. The molecule has 13 heavy (non-hydrogen) atoms. The quantitative estimate of drug-likeness (QED) is 0.878. The summed E-state index contributed by atoms with van der Waals surface area (Å²) in [7, 11) is 0. The third-order valence-electron chi connectivity index (χ3n) is 1.73. The van der Waals surface area contributed by atoms with Crippen molar-refractivity contribution in [2.75, 3.05) is 0 Å². The molecule has 0 aliphatic rings. The zero-order chi connectivity index (χ0) is 9.84. The van der Waals surface area contributed by atoms with Crippen molar-refractivity contribution in [3.05, 3.63) is 33.3 Å². The van der Waals surface area contributed by atoms with E-state index >= 15 is 0 Å². The Bertz CT molecular complexity index is 286.